The van der Waals surface area contributed by atoms with Crippen molar-refractivity contribution in [2.45, 2.75) is 45.4 Å². The quantitative estimate of drug-likeness (QED) is 0.781. The first-order chi connectivity index (χ1) is 10.8. The fourth-order valence-electron chi connectivity index (χ4n) is 2.71. The zero-order chi connectivity index (χ0) is 15.6. The van der Waals surface area contributed by atoms with E-state index in [4.69, 9.17) is 4.74 Å². The SMILES string of the molecule is CCCCOc1ccccc1NC(=O)CN1CCCCCC1. The Balaban J connectivity index is 1.87. The largest absolute Gasteiger partial charge is 0.491 e. The molecule has 1 aliphatic heterocycles. The van der Waals surface area contributed by atoms with Crippen molar-refractivity contribution in [3.8, 4) is 5.75 Å². The Bertz CT molecular complexity index is 454. The Morgan fingerprint density at radius 2 is 1.91 bits per heavy atom. The van der Waals surface area contributed by atoms with Gasteiger partial charge < -0.3 is 10.1 Å². The topological polar surface area (TPSA) is 41.6 Å². The summed E-state index contributed by atoms with van der Waals surface area (Å²) >= 11 is 0. The number of likely N-dealkylation sites (tertiary alicyclic amines) is 1. The predicted molar refractivity (Wildman–Crippen MR) is 90.4 cm³/mol. The maximum atomic E-state index is 12.3. The molecule has 0 unspecified atom stereocenters. The van der Waals surface area contributed by atoms with E-state index in [9.17, 15) is 4.79 Å². The molecule has 1 aromatic rings. The first-order valence-corrected chi connectivity index (χ1v) is 8.53. The van der Waals surface area contributed by atoms with Crippen LogP contribution in [0.2, 0.25) is 0 Å². The van der Waals surface area contributed by atoms with E-state index in [2.05, 4.69) is 17.1 Å². The van der Waals surface area contributed by atoms with Crippen LogP contribution in [0.25, 0.3) is 0 Å². The van der Waals surface area contributed by atoms with Crippen molar-refractivity contribution in [3.05, 3.63) is 24.3 Å². The molecule has 0 aromatic heterocycles. The summed E-state index contributed by atoms with van der Waals surface area (Å²) in [5, 5.41) is 3.00. The molecular weight excluding hydrogens is 276 g/mol. The molecule has 0 saturated carbocycles. The molecule has 0 radical (unpaired) electrons. The van der Waals surface area contributed by atoms with Gasteiger partial charge in [0.15, 0.2) is 0 Å². The number of amides is 1. The van der Waals surface area contributed by atoms with Crippen LogP contribution in [0.1, 0.15) is 45.4 Å². The zero-order valence-electron chi connectivity index (χ0n) is 13.6. The monoisotopic (exact) mass is 304 g/mol. The highest BCUT2D eigenvalue weighted by molar-refractivity contribution is 5.93. The van der Waals surface area contributed by atoms with Crippen molar-refractivity contribution >= 4 is 11.6 Å². The van der Waals surface area contributed by atoms with Crippen molar-refractivity contribution in [1.82, 2.24) is 4.90 Å². The maximum absolute atomic E-state index is 12.3. The molecule has 1 fully saturated rings. The van der Waals surface area contributed by atoms with Crippen molar-refractivity contribution in [2.24, 2.45) is 0 Å². The lowest BCUT2D eigenvalue weighted by atomic mass is 10.2. The molecule has 2 rings (SSSR count). The molecule has 1 aromatic carbocycles. The first kappa shape index (κ1) is 16.8. The lowest BCUT2D eigenvalue weighted by Gasteiger charge is -2.19. The van der Waals surface area contributed by atoms with Crippen LogP contribution in [-0.2, 0) is 4.79 Å². The van der Waals surface area contributed by atoms with Crippen LogP contribution < -0.4 is 10.1 Å². The Labute approximate surface area is 133 Å². The molecule has 0 bridgehead atoms. The molecule has 0 atom stereocenters. The van der Waals surface area contributed by atoms with Gasteiger partial charge in [0.1, 0.15) is 5.75 Å². The first-order valence-electron chi connectivity index (χ1n) is 8.53. The van der Waals surface area contributed by atoms with Crippen LogP contribution in [0.15, 0.2) is 24.3 Å². The summed E-state index contributed by atoms with van der Waals surface area (Å²) in [6.45, 7) is 5.36. The Kier molecular flexibility index (Phi) is 7.23. The molecule has 1 N–H and O–H groups in total. The van der Waals surface area contributed by atoms with Gasteiger partial charge in [-0.3, -0.25) is 9.69 Å². The van der Waals surface area contributed by atoms with E-state index in [1.165, 1.54) is 25.7 Å². The van der Waals surface area contributed by atoms with Gasteiger partial charge in [0.05, 0.1) is 18.8 Å². The van der Waals surface area contributed by atoms with Crippen molar-refractivity contribution in [1.29, 1.82) is 0 Å². The molecule has 1 amide bonds. The molecule has 122 valence electrons. The number of unbranched alkanes of at least 4 members (excludes halogenated alkanes) is 1. The maximum Gasteiger partial charge on any atom is 0.238 e. The Hall–Kier alpha value is -1.55. The van der Waals surface area contributed by atoms with Gasteiger partial charge in [-0.25, -0.2) is 0 Å². The number of hydrogen-bond donors (Lipinski definition) is 1. The van der Waals surface area contributed by atoms with Crippen molar-refractivity contribution < 1.29 is 9.53 Å². The number of hydrogen-bond acceptors (Lipinski definition) is 3. The molecule has 1 aliphatic rings. The third kappa shape index (κ3) is 5.68. The fourth-order valence-corrected chi connectivity index (χ4v) is 2.71. The molecular formula is C18H28N2O2. The Morgan fingerprint density at radius 1 is 1.18 bits per heavy atom. The number of carbonyl (C=O) groups is 1. The van der Waals surface area contributed by atoms with Crippen LogP contribution in [0.4, 0.5) is 5.69 Å². The van der Waals surface area contributed by atoms with Gasteiger partial charge in [-0.05, 0) is 44.5 Å². The van der Waals surface area contributed by atoms with E-state index in [1.54, 1.807) is 0 Å². The lowest BCUT2D eigenvalue weighted by Crippen LogP contribution is -2.34. The van der Waals surface area contributed by atoms with Crippen molar-refractivity contribution in [2.75, 3.05) is 31.6 Å². The van der Waals surface area contributed by atoms with Gasteiger partial charge in [-0.15, -0.1) is 0 Å². The van der Waals surface area contributed by atoms with E-state index in [0.717, 1.165) is 37.4 Å². The Morgan fingerprint density at radius 3 is 2.64 bits per heavy atom. The van der Waals surface area contributed by atoms with Crippen LogP contribution in [0.5, 0.6) is 5.75 Å². The number of carbonyl (C=O) groups excluding carboxylic acids is 1. The lowest BCUT2D eigenvalue weighted by molar-refractivity contribution is -0.117. The molecule has 22 heavy (non-hydrogen) atoms. The van der Waals surface area contributed by atoms with Gasteiger partial charge in [0.25, 0.3) is 0 Å². The second kappa shape index (κ2) is 9.46. The second-order valence-corrected chi connectivity index (χ2v) is 5.94. The highest BCUT2D eigenvalue weighted by Crippen LogP contribution is 2.24. The summed E-state index contributed by atoms with van der Waals surface area (Å²) in [5.74, 6) is 0.814. The van der Waals surface area contributed by atoms with Gasteiger partial charge >= 0.3 is 0 Å². The van der Waals surface area contributed by atoms with E-state index < -0.39 is 0 Å². The van der Waals surface area contributed by atoms with Crippen LogP contribution in [-0.4, -0.2) is 37.0 Å². The average molecular weight is 304 g/mol. The molecule has 0 aliphatic carbocycles. The third-order valence-corrected chi connectivity index (χ3v) is 3.98. The highest BCUT2D eigenvalue weighted by atomic mass is 16.5. The van der Waals surface area contributed by atoms with Gasteiger partial charge in [0, 0.05) is 0 Å². The standard InChI is InChI=1S/C18H28N2O2/c1-2-3-14-22-17-11-7-6-10-16(17)19-18(21)15-20-12-8-4-5-9-13-20/h6-7,10-11H,2-5,8-9,12-15H2,1H3,(H,19,21). The number of rotatable bonds is 7. The number of nitrogens with one attached hydrogen (secondary N) is 1. The van der Waals surface area contributed by atoms with Gasteiger partial charge in [0.2, 0.25) is 5.91 Å². The summed E-state index contributed by atoms with van der Waals surface area (Å²) in [4.78, 5) is 14.5. The van der Waals surface area contributed by atoms with E-state index in [0.29, 0.717) is 13.2 Å². The second-order valence-electron chi connectivity index (χ2n) is 5.94. The van der Waals surface area contributed by atoms with Crippen molar-refractivity contribution in [3.63, 3.8) is 0 Å². The molecule has 1 saturated heterocycles. The average Bonchev–Trinajstić information content (AvgIpc) is 2.78. The molecule has 4 heteroatoms. The fraction of sp³-hybridized carbons (Fsp3) is 0.611. The highest BCUT2D eigenvalue weighted by Gasteiger charge is 2.14. The summed E-state index contributed by atoms with van der Waals surface area (Å²) < 4.78 is 5.76. The molecule has 1 heterocycles. The number of ether oxygens (including phenoxy) is 1. The minimum Gasteiger partial charge on any atom is -0.491 e. The minimum absolute atomic E-state index is 0.0495. The normalized spacial score (nSPS) is 16.0. The number of anilines is 1. The van der Waals surface area contributed by atoms with Crippen LogP contribution in [0, 0.1) is 0 Å². The summed E-state index contributed by atoms with van der Waals surface area (Å²) in [7, 11) is 0. The molecule has 4 nitrogen and oxygen atoms in total. The summed E-state index contributed by atoms with van der Waals surface area (Å²) in [6, 6.07) is 7.68. The van der Waals surface area contributed by atoms with Gasteiger partial charge in [-0.2, -0.15) is 0 Å². The number of benzene rings is 1. The van der Waals surface area contributed by atoms with E-state index >= 15 is 0 Å². The predicted octanol–water partition coefficient (Wildman–Crippen LogP) is 3.68. The van der Waals surface area contributed by atoms with Crippen LogP contribution >= 0.6 is 0 Å². The van der Waals surface area contributed by atoms with E-state index in [1.807, 2.05) is 24.3 Å². The van der Waals surface area contributed by atoms with Crippen LogP contribution in [0.3, 0.4) is 0 Å². The third-order valence-electron chi connectivity index (χ3n) is 3.98. The number of nitrogens with zero attached hydrogens (tertiary/aromatic N) is 1. The molecule has 0 spiro atoms. The van der Waals surface area contributed by atoms with Gasteiger partial charge in [-0.1, -0.05) is 38.3 Å². The minimum atomic E-state index is 0.0495. The summed E-state index contributed by atoms with van der Waals surface area (Å²) in [5.41, 5.74) is 0.776. The smallest absolute Gasteiger partial charge is 0.238 e. The number of para-hydroxylation sites is 2. The summed E-state index contributed by atoms with van der Waals surface area (Å²) in [6.07, 6.45) is 7.09. The van der Waals surface area contributed by atoms with E-state index in [-0.39, 0.29) is 5.91 Å². The zero-order valence-corrected chi connectivity index (χ0v) is 13.6.